The Morgan fingerprint density at radius 2 is 1.83 bits per heavy atom. The molecule has 0 bridgehead atoms. The summed E-state index contributed by atoms with van der Waals surface area (Å²) in [6.07, 6.45) is -1.67. The van der Waals surface area contributed by atoms with Gasteiger partial charge in [-0.2, -0.15) is 13.2 Å². The molecule has 0 radical (unpaired) electrons. The molecule has 0 aliphatic carbocycles. The van der Waals surface area contributed by atoms with Gasteiger partial charge >= 0.3 is 6.18 Å². The van der Waals surface area contributed by atoms with E-state index >= 15 is 0 Å². The molecule has 1 aliphatic heterocycles. The van der Waals surface area contributed by atoms with E-state index in [9.17, 15) is 18.0 Å². The lowest BCUT2D eigenvalue weighted by Crippen LogP contribution is -2.39. The Kier molecular flexibility index (Phi) is 6.62. The molecule has 0 spiro atoms. The Labute approximate surface area is 140 Å². The Balaban J connectivity index is 1.59. The molecule has 1 heterocycles. The number of piperidine rings is 1. The average Bonchev–Trinajstić information content (AvgIpc) is 2.54. The van der Waals surface area contributed by atoms with Gasteiger partial charge in [-0.3, -0.25) is 4.79 Å². The van der Waals surface area contributed by atoms with E-state index in [4.69, 9.17) is 5.73 Å². The minimum atomic E-state index is -4.28. The first-order valence-electron chi connectivity index (χ1n) is 8.25. The summed E-state index contributed by atoms with van der Waals surface area (Å²) in [5.74, 6) is -0.188. The summed E-state index contributed by atoms with van der Waals surface area (Å²) < 4.78 is 37.4. The van der Waals surface area contributed by atoms with Crippen molar-refractivity contribution in [2.75, 3.05) is 26.2 Å². The first-order valence-corrected chi connectivity index (χ1v) is 8.25. The van der Waals surface area contributed by atoms with Gasteiger partial charge in [0.2, 0.25) is 5.91 Å². The zero-order chi connectivity index (χ0) is 17.6. The molecule has 1 aromatic rings. The maximum Gasteiger partial charge on any atom is 0.416 e. The minimum Gasteiger partial charge on any atom is -0.369 e. The van der Waals surface area contributed by atoms with Crippen molar-refractivity contribution in [2.24, 2.45) is 11.7 Å². The van der Waals surface area contributed by atoms with Crippen LogP contribution in [-0.2, 0) is 17.5 Å². The molecular weight excluding hydrogens is 319 g/mol. The van der Waals surface area contributed by atoms with Crippen LogP contribution in [0.5, 0.6) is 0 Å². The summed E-state index contributed by atoms with van der Waals surface area (Å²) in [4.78, 5) is 13.4. The number of carbonyl (C=O) groups is 1. The zero-order valence-corrected chi connectivity index (χ0v) is 13.6. The summed E-state index contributed by atoms with van der Waals surface area (Å²) in [5, 5.41) is 3.24. The topological polar surface area (TPSA) is 58.4 Å². The number of primary amides is 1. The molecule has 1 aliphatic rings. The Bertz CT molecular complexity index is 523. The van der Waals surface area contributed by atoms with E-state index in [-0.39, 0.29) is 11.8 Å². The first-order chi connectivity index (χ1) is 11.4. The number of hydrogen-bond donors (Lipinski definition) is 2. The second-order valence-electron chi connectivity index (χ2n) is 6.24. The third-order valence-corrected chi connectivity index (χ3v) is 4.43. The van der Waals surface area contributed by atoms with E-state index in [1.807, 2.05) is 0 Å². The second kappa shape index (κ2) is 8.48. The molecule has 3 N–H and O–H groups in total. The average molecular weight is 343 g/mol. The molecule has 7 heteroatoms. The van der Waals surface area contributed by atoms with Crippen LogP contribution in [0.1, 0.15) is 30.4 Å². The Hall–Kier alpha value is -1.60. The van der Waals surface area contributed by atoms with Crippen LogP contribution in [0.3, 0.4) is 0 Å². The van der Waals surface area contributed by atoms with Crippen molar-refractivity contribution < 1.29 is 18.0 Å². The van der Waals surface area contributed by atoms with E-state index in [0.29, 0.717) is 6.54 Å². The lowest BCUT2D eigenvalue weighted by atomic mass is 9.96. The van der Waals surface area contributed by atoms with E-state index in [1.54, 1.807) is 0 Å². The first kappa shape index (κ1) is 18.7. The molecule has 24 heavy (non-hydrogen) atoms. The molecule has 1 amide bonds. The molecule has 1 aromatic carbocycles. The third kappa shape index (κ3) is 5.79. The number of rotatable bonds is 7. The predicted molar refractivity (Wildman–Crippen MR) is 86.1 cm³/mol. The minimum absolute atomic E-state index is 0.0130. The number of nitrogens with one attached hydrogen (secondary N) is 1. The summed E-state index contributed by atoms with van der Waals surface area (Å²) in [7, 11) is 0. The van der Waals surface area contributed by atoms with E-state index < -0.39 is 11.7 Å². The molecule has 0 saturated carbocycles. The highest BCUT2D eigenvalue weighted by Crippen LogP contribution is 2.29. The maximum absolute atomic E-state index is 12.5. The molecule has 1 saturated heterocycles. The van der Waals surface area contributed by atoms with E-state index in [2.05, 4.69) is 10.2 Å². The number of nitrogens with zero attached hydrogens (tertiary/aromatic N) is 1. The van der Waals surface area contributed by atoms with Gasteiger partial charge in [0.25, 0.3) is 0 Å². The van der Waals surface area contributed by atoms with Crippen LogP contribution in [0.4, 0.5) is 13.2 Å². The quantitative estimate of drug-likeness (QED) is 0.748. The normalized spacial score (nSPS) is 17.1. The fraction of sp³-hybridized carbons (Fsp3) is 0.588. The van der Waals surface area contributed by atoms with Gasteiger partial charge < -0.3 is 16.0 Å². The van der Waals surface area contributed by atoms with Crippen molar-refractivity contribution in [1.82, 2.24) is 10.2 Å². The molecule has 1 fully saturated rings. The van der Waals surface area contributed by atoms with Gasteiger partial charge in [-0.15, -0.1) is 0 Å². The fourth-order valence-corrected chi connectivity index (χ4v) is 2.91. The van der Waals surface area contributed by atoms with Gasteiger partial charge in [0.15, 0.2) is 0 Å². The number of benzene rings is 1. The highest BCUT2D eigenvalue weighted by molar-refractivity contribution is 5.76. The summed E-state index contributed by atoms with van der Waals surface area (Å²) in [6, 6.07) is 5.23. The Morgan fingerprint density at radius 3 is 2.38 bits per heavy atom. The molecule has 0 atom stereocenters. The van der Waals surface area contributed by atoms with Crippen molar-refractivity contribution >= 4 is 5.91 Å². The smallest absolute Gasteiger partial charge is 0.369 e. The van der Waals surface area contributed by atoms with Crippen LogP contribution in [0, 0.1) is 5.92 Å². The molecule has 2 rings (SSSR count). The number of alkyl halides is 3. The van der Waals surface area contributed by atoms with Crippen molar-refractivity contribution in [2.45, 2.75) is 32.0 Å². The van der Waals surface area contributed by atoms with Crippen molar-refractivity contribution in [3.63, 3.8) is 0 Å². The largest absolute Gasteiger partial charge is 0.416 e. The second-order valence-corrected chi connectivity index (χ2v) is 6.24. The fourth-order valence-electron chi connectivity index (χ4n) is 2.91. The molecule has 4 nitrogen and oxygen atoms in total. The number of amides is 1. The van der Waals surface area contributed by atoms with Gasteiger partial charge in [0.05, 0.1) is 5.56 Å². The maximum atomic E-state index is 12.5. The van der Waals surface area contributed by atoms with Crippen LogP contribution in [-0.4, -0.2) is 37.0 Å². The highest BCUT2D eigenvalue weighted by Gasteiger charge is 2.29. The van der Waals surface area contributed by atoms with E-state index in [1.165, 1.54) is 12.1 Å². The SMILES string of the molecule is NC(=O)C1CCN(CCCNCc2ccc(C(F)(F)F)cc2)CC1. The lowest BCUT2D eigenvalue weighted by Gasteiger charge is -2.30. The standard InChI is InChI=1S/C17H24F3N3O/c18-17(19,20)15-4-2-13(3-5-15)12-22-8-1-9-23-10-6-14(7-11-23)16(21)24/h2-5,14,22H,1,6-12H2,(H2,21,24). The van der Waals surface area contributed by atoms with Gasteiger partial charge in [-0.25, -0.2) is 0 Å². The molecular formula is C17H24F3N3O. The predicted octanol–water partition coefficient (Wildman–Crippen LogP) is 2.38. The number of carbonyl (C=O) groups excluding carboxylic acids is 1. The Morgan fingerprint density at radius 1 is 1.21 bits per heavy atom. The van der Waals surface area contributed by atoms with Crippen LogP contribution >= 0.6 is 0 Å². The zero-order valence-electron chi connectivity index (χ0n) is 13.6. The van der Waals surface area contributed by atoms with Gasteiger partial charge in [0, 0.05) is 12.5 Å². The molecule has 134 valence electrons. The third-order valence-electron chi connectivity index (χ3n) is 4.43. The molecule has 0 unspecified atom stereocenters. The van der Waals surface area contributed by atoms with Gasteiger partial charge in [-0.05, 0) is 63.1 Å². The van der Waals surface area contributed by atoms with Gasteiger partial charge in [-0.1, -0.05) is 12.1 Å². The number of nitrogens with two attached hydrogens (primary N) is 1. The highest BCUT2D eigenvalue weighted by atomic mass is 19.4. The number of halogens is 3. The van der Waals surface area contributed by atoms with Crippen molar-refractivity contribution in [3.8, 4) is 0 Å². The summed E-state index contributed by atoms with van der Waals surface area (Å²) >= 11 is 0. The van der Waals surface area contributed by atoms with Gasteiger partial charge in [0.1, 0.15) is 0 Å². The van der Waals surface area contributed by atoms with Crippen LogP contribution in [0.15, 0.2) is 24.3 Å². The number of likely N-dealkylation sites (tertiary alicyclic amines) is 1. The lowest BCUT2D eigenvalue weighted by molar-refractivity contribution is -0.137. The van der Waals surface area contributed by atoms with Crippen molar-refractivity contribution in [1.29, 1.82) is 0 Å². The molecule has 0 aromatic heterocycles. The van der Waals surface area contributed by atoms with Crippen LogP contribution in [0.2, 0.25) is 0 Å². The van der Waals surface area contributed by atoms with E-state index in [0.717, 1.165) is 63.1 Å². The number of hydrogen-bond acceptors (Lipinski definition) is 3. The van der Waals surface area contributed by atoms with Crippen molar-refractivity contribution in [3.05, 3.63) is 35.4 Å². The van der Waals surface area contributed by atoms with Crippen LogP contribution in [0.25, 0.3) is 0 Å². The van der Waals surface area contributed by atoms with Crippen LogP contribution < -0.4 is 11.1 Å². The summed E-state index contributed by atoms with van der Waals surface area (Å²) in [6.45, 7) is 4.10. The monoisotopic (exact) mass is 343 g/mol. The summed E-state index contributed by atoms with van der Waals surface area (Å²) in [5.41, 5.74) is 5.53.